The Morgan fingerprint density at radius 2 is 1.69 bits per heavy atom. The van der Waals surface area contributed by atoms with E-state index in [1.165, 1.54) is 44.1 Å². The molecule has 8 N–H and O–H groups in total. The van der Waals surface area contributed by atoms with Gasteiger partial charge in [0.25, 0.3) is 5.91 Å². The largest absolute Gasteiger partial charge is 0.508 e. The highest BCUT2D eigenvalue weighted by Crippen LogP contribution is 2.57. The lowest BCUT2D eigenvalue weighted by Gasteiger charge is -2.55. The molecule has 1 saturated carbocycles. The summed E-state index contributed by atoms with van der Waals surface area (Å²) in [6.45, 7) is 1.25. The van der Waals surface area contributed by atoms with Crippen LogP contribution in [0.1, 0.15) is 18.1 Å². The molecule has 13 nitrogen and oxygen atoms in total. The maximum absolute atomic E-state index is 13.7. The number of hydrogen-bond acceptors (Lipinski definition) is 12. The van der Waals surface area contributed by atoms with Crippen LogP contribution in [0.15, 0.2) is 35.1 Å². The molecule has 4 rings (SSSR count). The minimum Gasteiger partial charge on any atom is -0.508 e. The van der Waals surface area contributed by atoms with Gasteiger partial charge in [-0.2, -0.15) is 0 Å². The number of phenolic OH excluding ortho intramolecular Hbond substituents is 1. The van der Waals surface area contributed by atoms with Crippen LogP contribution in [0.3, 0.4) is 0 Å². The zero-order valence-electron chi connectivity index (χ0n) is 18.9. The Labute approximate surface area is 198 Å². The number of aliphatic hydroxyl groups excluding tert-OH is 3. The van der Waals surface area contributed by atoms with Gasteiger partial charge in [-0.1, -0.05) is 12.1 Å². The quantitative estimate of drug-likeness (QED) is 0.188. The number of primary amides is 1. The van der Waals surface area contributed by atoms with Crippen LogP contribution < -0.4 is 5.73 Å². The van der Waals surface area contributed by atoms with Gasteiger partial charge in [0.2, 0.25) is 5.78 Å². The fourth-order valence-electron chi connectivity index (χ4n) is 5.60. The molecule has 0 radical (unpaired) electrons. The molecule has 0 aliphatic heterocycles. The van der Waals surface area contributed by atoms with E-state index in [1.54, 1.807) is 0 Å². The highest BCUT2D eigenvalue weighted by Gasteiger charge is 2.70. The van der Waals surface area contributed by atoms with E-state index in [9.17, 15) is 45.0 Å². The first-order valence-electron chi connectivity index (χ1n) is 10.3. The van der Waals surface area contributed by atoms with Crippen molar-refractivity contribution in [3.8, 4) is 5.75 Å². The van der Waals surface area contributed by atoms with Crippen LogP contribution >= 0.6 is 0 Å². The van der Waals surface area contributed by atoms with Crippen molar-refractivity contribution in [2.45, 2.75) is 30.3 Å². The van der Waals surface area contributed by atoms with E-state index in [4.69, 9.17) is 16.5 Å². The SMILES string of the molecule is CN(C)[C@@H]1C(=O)C(C(N)=O)=C(O)[C@@]2(O)C(=O)C3=C(O)c4c(O)cccc4[C@@](C)(O)[C@H]3[C@H](O)[C@@H]12.N#N. The van der Waals surface area contributed by atoms with Crippen LogP contribution in [0.4, 0.5) is 0 Å². The Bertz CT molecular complexity index is 1230. The van der Waals surface area contributed by atoms with Gasteiger partial charge in [-0.25, -0.2) is 0 Å². The normalized spacial score (nSPS) is 34.0. The molecular formula is C22H24N4O9. The van der Waals surface area contributed by atoms with Crippen LogP contribution in [-0.4, -0.2) is 84.9 Å². The van der Waals surface area contributed by atoms with E-state index >= 15 is 0 Å². The number of aliphatic hydroxyl groups is 5. The van der Waals surface area contributed by atoms with E-state index < -0.39 is 81.1 Å². The molecule has 0 heterocycles. The summed E-state index contributed by atoms with van der Waals surface area (Å²) in [5.41, 5.74) is -1.78. The number of Topliss-reactive ketones (excluding diaryl/α,β-unsaturated/α-hetero) is 2. The predicted molar refractivity (Wildman–Crippen MR) is 115 cm³/mol. The summed E-state index contributed by atoms with van der Waals surface area (Å²) in [4.78, 5) is 39.9. The van der Waals surface area contributed by atoms with Gasteiger partial charge < -0.3 is 36.4 Å². The number of carbonyl (C=O) groups is 3. The first-order valence-corrected chi connectivity index (χ1v) is 10.3. The molecule has 13 heteroatoms. The summed E-state index contributed by atoms with van der Waals surface area (Å²) in [6, 6.07) is 2.50. The highest BCUT2D eigenvalue weighted by atomic mass is 16.4. The van der Waals surface area contributed by atoms with Gasteiger partial charge in [0.1, 0.15) is 22.8 Å². The Morgan fingerprint density at radius 3 is 2.20 bits per heavy atom. The molecule has 1 aromatic carbocycles. The van der Waals surface area contributed by atoms with E-state index in [-0.39, 0.29) is 11.1 Å². The molecule has 0 aromatic heterocycles. The Morgan fingerprint density at radius 1 is 1.11 bits per heavy atom. The number of benzene rings is 1. The number of rotatable bonds is 2. The molecule has 6 atom stereocenters. The van der Waals surface area contributed by atoms with Crippen molar-refractivity contribution >= 4 is 23.2 Å². The summed E-state index contributed by atoms with van der Waals surface area (Å²) >= 11 is 0. The Balaban J connectivity index is 0.00000167. The second-order valence-corrected chi connectivity index (χ2v) is 9.06. The summed E-state index contributed by atoms with van der Waals surface area (Å²) in [5, 5.41) is 78.3. The molecule has 3 aliphatic carbocycles. The van der Waals surface area contributed by atoms with Gasteiger partial charge in [0.15, 0.2) is 11.4 Å². The topological polar surface area (TPSA) is 249 Å². The first-order chi connectivity index (χ1) is 16.2. The Hall–Kier alpha value is -3.83. The molecule has 1 fully saturated rings. The number of fused-ring (bicyclic) bond motifs is 3. The molecule has 1 amide bonds. The molecule has 0 bridgehead atoms. The summed E-state index contributed by atoms with van der Waals surface area (Å²) in [5.74, 6) is -9.67. The molecule has 0 saturated heterocycles. The summed E-state index contributed by atoms with van der Waals surface area (Å²) in [6.07, 6.45) is -1.87. The third-order valence-electron chi connectivity index (χ3n) is 7.03. The smallest absolute Gasteiger partial charge is 0.255 e. The van der Waals surface area contributed by atoms with Gasteiger partial charge in [-0.3, -0.25) is 19.3 Å². The van der Waals surface area contributed by atoms with E-state index in [2.05, 4.69) is 0 Å². The Kier molecular flexibility index (Phi) is 5.99. The van der Waals surface area contributed by atoms with Gasteiger partial charge in [-0.15, -0.1) is 0 Å². The second-order valence-electron chi connectivity index (χ2n) is 9.06. The van der Waals surface area contributed by atoms with Crippen LogP contribution in [0.25, 0.3) is 5.76 Å². The summed E-state index contributed by atoms with van der Waals surface area (Å²) in [7, 11) is 2.80. The molecule has 0 unspecified atom stereocenters. The van der Waals surface area contributed by atoms with Crippen molar-refractivity contribution in [2.75, 3.05) is 14.1 Å². The lowest BCUT2D eigenvalue weighted by molar-refractivity contribution is -0.181. The average Bonchev–Trinajstić information content (AvgIpc) is 2.77. The third kappa shape index (κ3) is 3.08. The minimum absolute atomic E-state index is 0.00664. The van der Waals surface area contributed by atoms with Gasteiger partial charge >= 0.3 is 0 Å². The number of hydrogen-bond donors (Lipinski definition) is 7. The average molecular weight is 488 g/mol. The number of amides is 1. The van der Waals surface area contributed by atoms with E-state index in [0.717, 1.165) is 0 Å². The minimum atomic E-state index is -3.02. The zero-order valence-corrected chi connectivity index (χ0v) is 18.9. The van der Waals surface area contributed by atoms with E-state index in [0.29, 0.717) is 0 Å². The number of nitrogens with two attached hydrogens (primary N) is 1. The number of aromatic hydroxyl groups is 1. The van der Waals surface area contributed by atoms with Crippen molar-refractivity contribution in [1.82, 2.24) is 4.90 Å². The van der Waals surface area contributed by atoms with Gasteiger partial charge in [-0.05, 0) is 32.6 Å². The first kappa shape index (κ1) is 25.8. The molecular weight excluding hydrogens is 464 g/mol. The van der Waals surface area contributed by atoms with Crippen LogP contribution in [0, 0.1) is 22.6 Å². The van der Waals surface area contributed by atoms with Crippen molar-refractivity contribution in [3.63, 3.8) is 0 Å². The maximum Gasteiger partial charge on any atom is 0.255 e. The van der Waals surface area contributed by atoms with Crippen molar-refractivity contribution in [1.29, 1.82) is 10.8 Å². The number of likely N-dealkylation sites (N-methyl/N-ethyl adjacent to an activating group) is 1. The summed E-state index contributed by atoms with van der Waals surface area (Å²) < 4.78 is 0. The fraction of sp³-hybridized carbons (Fsp3) is 0.409. The van der Waals surface area contributed by atoms with Crippen molar-refractivity contribution < 1.29 is 45.0 Å². The number of ketones is 2. The lowest BCUT2D eigenvalue weighted by Crippen LogP contribution is -2.71. The van der Waals surface area contributed by atoms with Crippen molar-refractivity contribution in [2.24, 2.45) is 17.6 Å². The van der Waals surface area contributed by atoms with Crippen LogP contribution in [0.5, 0.6) is 5.75 Å². The standard InChI is InChI=1S/C22H24N2O9.N2/c1-21(32)7-5-4-6-8(25)9(7)15(26)10-12(21)17(28)13-14(24(2)3)16(27)11(20(23)31)19(30)22(13,33)18(10)29;1-2/h4-6,12-14,17,25-26,28,30,32-33H,1-3H3,(H2,23,31);/t12-,13-,14+,17+,21-,22+;/m1./s1. The van der Waals surface area contributed by atoms with Crippen LogP contribution in [-0.2, 0) is 20.0 Å². The number of carbonyl (C=O) groups excluding carboxylic acids is 3. The molecule has 35 heavy (non-hydrogen) atoms. The second kappa shape index (κ2) is 8.14. The van der Waals surface area contributed by atoms with E-state index in [1.807, 2.05) is 0 Å². The zero-order chi connectivity index (χ0) is 26.8. The monoisotopic (exact) mass is 488 g/mol. The maximum atomic E-state index is 13.7. The highest BCUT2D eigenvalue weighted by molar-refractivity contribution is 6.24. The molecule has 186 valence electrons. The number of nitrogens with zero attached hydrogens (tertiary/aromatic N) is 3. The molecule has 0 spiro atoms. The van der Waals surface area contributed by atoms with Crippen molar-refractivity contribution in [3.05, 3.63) is 46.2 Å². The van der Waals surface area contributed by atoms with Gasteiger partial charge in [0.05, 0.1) is 40.7 Å². The third-order valence-corrected chi connectivity index (χ3v) is 7.03. The molecule has 1 aromatic rings. The molecule has 3 aliphatic rings. The number of phenols is 1. The fourth-order valence-corrected chi connectivity index (χ4v) is 5.60. The van der Waals surface area contributed by atoms with Crippen LogP contribution in [0.2, 0.25) is 0 Å². The van der Waals surface area contributed by atoms with Gasteiger partial charge in [0, 0.05) is 10.8 Å². The lowest BCUT2D eigenvalue weighted by atomic mass is 9.53. The predicted octanol–water partition coefficient (Wildman–Crippen LogP) is -1.37.